The summed E-state index contributed by atoms with van der Waals surface area (Å²) < 4.78 is 5.21. The molecule has 0 unspecified atom stereocenters. The molecule has 0 aliphatic heterocycles. The van der Waals surface area contributed by atoms with Crippen LogP contribution >= 0.6 is 11.3 Å². The standard InChI is InChI=1S/C15H18N2O2S/c1-3-17(10-11-4-6-12(16)7-5-11)15(18)14-13(19-2)8-9-20-14/h4-9H,3,10,16H2,1-2H3. The molecule has 0 saturated heterocycles. The molecule has 1 aromatic heterocycles. The highest BCUT2D eigenvalue weighted by Crippen LogP contribution is 2.26. The van der Waals surface area contributed by atoms with Gasteiger partial charge in [-0.3, -0.25) is 4.79 Å². The van der Waals surface area contributed by atoms with Crippen molar-refractivity contribution in [3.05, 3.63) is 46.2 Å². The van der Waals surface area contributed by atoms with Crippen molar-refractivity contribution in [3.8, 4) is 5.75 Å². The molecule has 106 valence electrons. The molecule has 0 atom stereocenters. The van der Waals surface area contributed by atoms with Crippen LogP contribution in [0, 0.1) is 0 Å². The smallest absolute Gasteiger partial charge is 0.268 e. The van der Waals surface area contributed by atoms with Gasteiger partial charge in [-0.25, -0.2) is 0 Å². The van der Waals surface area contributed by atoms with Gasteiger partial charge in [-0.1, -0.05) is 12.1 Å². The Morgan fingerprint density at radius 3 is 2.60 bits per heavy atom. The summed E-state index contributed by atoms with van der Waals surface area (Å²) in [7, 11) is 1.58. The first-order valence-electron chi connectivity index (χ1n) is 6.41. The molecule has 20 heavy (non-hydrogen) atoms. The number of carbonyl (C=O) groups is 1. The lowest BCUT2D eigenvalue weighted by Gasteiger charge is -2.20. The van der Waals surface area contributed by atoms with E-state index in [9.17, 15) is 4.79 Å². The number of thiophene rings is 1. The van der Waals surface area contributed by atoms with Crippen LogP contribution in [0.3, 0.4) is 0 Å². The van der Waals surface area contributed by atoms with E-state index in [1.54, 1.807) is 12.0 Å². The molecule has 0 saturated carbocycles. The highest BCUT2D eigenvalue weighted by atomic mass is 32.1. The molecule has 4 nitrogen and oxygen atoms in total. The zero-order chi connectivity index (χ0) is 14.5. The van der Waals surface area contributed by atoms with E-state index in [-0.39, 0.29) is 5.91 Å². The number of methoxy groups -OCH3 is 1. The van der Waals surface area contributed by atoms with Crippen LogP contribution in [-0.2, 0) is 6.54 Å². The van der Waals surface area contributed by atoms with Crippen LogP contribution in [0.2, 0.25) is 0 Å². The average Bonchev–Trinajstić information content (AvgIpc) is 2.94. The maximum Gasteiger partial charge on any atom is 0.268 e. The Hall–Kier alpha value is -2.01. The van der Waals surface area contributed by atoms with E-state index in [0.717, 1.165) is 11.3 Å². The molecule has 1 amide bonds. The number of rotatable bonds is 5. The topological polar surface area (TPSA) is 55.6 Å². The number of nitrogens with zero attached hydrogens (tertiary/aromatic N) is 1. The van der Waals surface area contributed by atoms with E-state index in [2.05, 4.69) is 0 Å². The van der Waals surface area contributed by atoms with Crippen molar-refractivity contribution in [3.63, 3.8) is 0 Å². The van der Waals surface area contributed by atoms with E-state index in [1.807, 2.05) is 42.6 Å². The van der Waals surface area contributed by atoms with Crippen molar-refractivity contribution in [2.24, 2.45) is 0 Å². The molecule has 1 aromatic carbocycles. The number of benzene rings is 1. The number of hydrogen-bond donors (Lipinski definition) is 1. The largest absolute Gasteiger partial charge is 0.495 e. The van der Waals surface area contributed by atoms with Crippen LogP contribution in [0.1, 0.15) is 22.2 Å². The van der Waals surface area contributed by atoms with Gasteiger partial charge in [0.1, 0.15) is 10.6 Å². The molecule has 2 rings (SSSR count). The van der Waals surface area contributed by atoms with Gasteiger partial charge in [-0.15, -0.1) is 11.3 Å². The zero-order valence-electron chi connectivity index (χ0n) is 11.6. The van der Waals surface area contributed by atoms with Gasteiger partial charge in [0, 0.05) is 18.8 Å². The van der Waals surface area contributed by atoms with Crippen molar-refractivity contribution in [2.75, 3.05) is 19.4 Å². The van der Waals surface area contributed by atoms with Crippen molar-refractivity contribution >= 4 is 22.9 Å². The first kappa shape index (κ1) is 14.4. The number of hydrogen-bond acceptors (Lipinski definition) is 4. The maximum atomic E-state index is 12.5. The van der Waals surface area contributed by atoms with E-state index in [4.69, 9.17) is 10.5 Å². The van der Waals surface area contributed by atoms with E-state index >= 15 is 0 Å². The number of carbonyl (C=O) groups excluding carboxylic acids is 1. The lowest BCUT2D eigenvalue weighted by molar-refractivity contribution is 0.0754. The Balaban J connectivity index is 2.15. The van der Waals surface area contributed by atoms with Gasteiger partial charge >= 0.3 is 0 Å². The van der Waals surface area contributed by atoms with Crippen molar-refractivity contribution in [2.45, 2.75) is 13.5 Å². The third-order valence-electron chi connectivity index (χ3n) is 3.07. The normalized spacial score (nSPS) is 10.3. The van der Waals surface area contributed by atoms with Gasteiger partial charge in [0.15, 0.2) is 0 Å². The number of ether oxygens (including phenoxy) is 1. The SMILES string of the molecule is CCN(Cc1ccc(N)cc1)C(=O)c1sccc1OC. The second-order valence-corrected chi connectivity index (χ2v) is 5.30. The summed E-state index contributed by atoms with van der Waals surface area (Å²) in [5.41, 5.74) is 7.45. The van der Waals surface area contributed by atoms with Gasteiger partial charge in [-0.2, -0.15) is 0 Å². The third-order valence-corrected chi connectivity index (χ3v) is 3.95. The molecule has 5 heteroatoms. The molecule has 1 heterocycles. The Bertz CT molecular complexity index is 578. The first-order chi connectivity index (χ1) is 9.65. The predicted molar refractivity (Wildman–Crippen MR) is 82.1 cm³/mol. The van der Waals surface area contributed by atoms with Crippen LogP contribution in [-0.4, -0.2) is 24.5 Å². The fraction of sp³-hybridized carbons (Fsp3) is 0.267. The summed E-state index contributed by atoms with van der Waals surface area (Å²) in [4.78, 5) is 15.0. The number of anilines is 1. The number of nitrogens with two attached hydrogens (primary N) is 1. The molecule has 0 radical (unpaired) electrons. The van der Waals surface area contributed by atoms with Crippen LogP contribution in [0.15, 0.2) is 35.7 Å². The zero-order valence-corrected chi connectivity index (χ0v) is 12.4. The van der Waals surface area contributed by atoms with Crippen LogP contribution < -0.4 is 10.5 Å². The van der Waals surface area contributed by atoms with E-state index < -0.39 is 0 Å². The molecule has 2 aromatic rings. The maximum absolute atomic E-state index is 12.5. The highest BCUT2D eigenvalue weighted by Gasteiger charge is 2.19. The quantitative estimate of drug-likeness (QED) is 0.861. The van der Waals surface area contributed by atoms with Crippen LogP contribution in [0.25, 0.3) is 0 Å². The Morgan fingerprint density at radius 2 is 2.00 bits per heavy atom. The van der Waals surface area contributed by atoms with Crippen molar-refractivity contribution in [1.82, 2.24) is 4.90 Å². The fourth-order valence-electron chi connectivity index (χ4n) is 1.93. The van der Waals surface area contributed by atoms with Crippen LogP contribution in [0.5, 0.6) is 5.75 Å². The summed E-state index contributed by atoms with van der Waals surface area (Å²) in [5, 5.41) is 1.86. The third kappa shape index (κ3) is 3.11. The average molecular weight is 290 g/mol. The lowest BCUT2D eigenvalue weighted by atomic mass is 10.2. The fourth-order valence-corrected chi connectivity index (χ4v) is 2.75. The minimum absolute atomic E-state index is 0.00354. The Morgan fingerprint density at radius 1 is 1.30 bits per heavy atom. The van der Waals surface area contributed by atoms with Gasteiger partial charge in [0.2, 0.25) is 0 Å². The predicted octanol–water partition coefficient (Wildman–Crippen LogP) is 3.00. The second-order valence-electron chi connectivity index (χ2n) is 4.38. The number of nitrogen functional groups attached to an aromatic ring is 1. The molecule has 2 N–H and O–H groups in total. The molecular weight excluding hydrogens is 272 g/mol. The van der Waals surface area contributed by atoms with Gasteiger partial charge in [-0.05, 0) is 36.1 Å². The summed E-state index contributed by atoms with van der Waals surface area (Å²) in [6.45, 7) is 3.18. The Labute approximate surface area is 122 Å². The molecule has 0 fully saturated rings. The minimum atomic E-state index is -0.00354. The minimum Gasteiger partial charge on any atom is -0.495 e. The summed E-state index contributed by atoms with van der Waals surface area (Å²) in [6.07, 6.45) is 0. The number of amides is 1. The first-order valence-corrected chi connectivity index (χ1v) is 7.28. The van der Waals surface area contributed by atoms with Crippen molar-refractivity contribution in [1.29, 1.82) is 0 Å². The van der Waals surface area contributed by atoms with E-state index in [1.165, 1.54) is 11.3 Å². The van der Waals surface area contributed by atoms with Crippen molar-refractivity contribution < 1.29 is 9.53 Å². The highest BCUT2D eigenvalue weighted by molar-refractivity contribution is 7.12. The summed E-state index contributed by atoms with van der Waals surface area (Å²) >= 11 is 1.40. The molecular formula is C15H18N2O2S. The molecule has 0 aliphatic carbocycles. The summed E-state index contributed by atoms with van der Waals surface area (Å²) in [6, 6.07) is 9.39. The van der Waals surface area contributed by atoms with Gasteiger partial charge in [0.25, 0.3) is 5.91 Å². The Kier molecular flexibility index (Phi) is 4.63. The molecule has 0 spiro atoms. The molecule has 0 aliphatic rings. The lowest BCUT2D eigenvalue weighted by Crippen LogP contribution is -2.29. The monoisotopic (exact) mass is 290 g/mol. The summed E-state index contributed by atoms with van der Waals surface area (Å²) in [5.74, 6) is 0.631. The van der Waals surface area contributed by atoms with Gasteiger partial charge in [0.05, 0.1) is 7.11 Å². The van der Waals surface area contributed by atoms with E-state index in [0.29, 0.717) is 23.7 Å². The molecule has 0 bridgehead atoms. The van der Waals surface area contributed by atoms with Crippen LogP contribution in [0.4, 0.5) is 5.69 Å². The van der Waals surface area contributed by atoms with Gasteiger partial charge < -0.3 is 15.4 Å². The second kappa shape index (κ2) is 6.43.